The SMILES string of the molecule is O=C(Nc1cccnc1)N1CCC(=Cc2cccc(OCCc3cccc(F)c3)c2)CC1. The molecule has 1 aliphatic rings. The Balaban J connectivity index is 1.27. The fourth-order valence-electron chi connectivity index (χ4n) is 3.69. The molecule has 1 fully saturated rings. The topological polar surface area (TPSA) is 54.5 Å². The van der Waals surface area contributed by atoms with E-state index < -0.39 is 0 Å². The normalized spacial score (nSPS) is 13.5. The molecule has 0 radical (unpaired) electrons. The molecule has 3 aromatic rings. The molecule has 0 atom stereocenters. The summed E-state index contributed by atoms with van der Waals surface area (Å²) in [4.78, 5) is 18.3. The second-order valence-electron chi connectivity index (χ2n) is 7.76. The number of rotatable bonds is 6. The molecule has 164 valence electrons. The quantitative estimate of drug-likeness (QED) is 0.556. The number of urea groups is 1. The lowest BCUT2D eigenvalue weighted by Gasteiger charge is -2.28. The van der Waals surface area contributed by atoms with E-state index in [1.807, 2.05) is 41.3 Å². The first-order valence-electron chi connectivity index (χ1n) is 10.8. The molecular weight excluding hydrogens is 405 g/mol. The zero-order valence-electron chi connectivity index (χ0n) is 17.8. The molecule has 2 heterocycles. The Kier molecular flexibility index (Phi) is 7.12. The molecule has 2 aromatic carbocycles. The highest BCUT2D eigenvalue weighted by Gasteiger charge is 2.19. The Morgan fingerprint density at radius 1 is 1.09 bits per heavy atom. The molecule has 0 bridgehead atoms. The molecule has 32 heavy (non-hydrogen) atoms. The number of hydrogen-bond donors (Lipinski definition) is 1. The number of nitrogens with one attached hydrogen (secondary N) is 1. The van der Waals surface area contributed by atoms with Crippen molar-refractivity contribution in [3.05, 3.63) is 95.6 Å². The average Bonchev–Trinajstić information content (AvgIpc) is 2.81. The zero-order chi connectivity index (χ0) is 22.2. The first-order valence-corrected chi connectivity index (χ1v) is 10.8. The van der Waals surface area contributed by atoms with Crippen LogP contribution in [0.2, 0.25) is 0 Å². The van der Waals surface area contributed by atoms with Gasteiger partial charge in [-0.3, -0.25) is 4.98 Å². The number of piperidine rings is 1. The number of pyridine rings is 1. The van der Waals surface area contributed by atoms with Crippen LogP contribution in [0.1, 0.15) is 24.0 Å². The lowest BCUT2D eigenvalue weighted by molar-refractivity contribution is 0.208. The van der Waals surface area contributed by atoms with Crippen LogP contribution < -0.4 is 10.1 Å². The molecule has 4 rings (SSSR count). The van der Waals surface area contributed by atoms with Crippen molar-refractivity contribution >= 4 is 17.8 Å². The third-order valence-electron chi connectivity index (χ3n) is 5.38. The Morgan fingerprint density at radius 3 is 2.72 bits per heavy atom. The number of amides is 2. The van der Waals surface area contributed by atoms with Gasteiger partial charge < -0.3 is 15.0 Å². The summed E-state index contributed by atoms with van der Waals surface area (Å²) < 4.78 is 19.2. The van der Waals surface area contributed by atoms with Crippen molar-refractivity contribution in [2.45, 2.75) is 19.3 Å². The molecule has 1 saturated heterocycles. The van der Waals surface area contributed by atoms with Gasteiger partial charge in [-0.15, -0.1) is 0 Å². The number of benzene rings is 2. The summed E-state index contributed by atoms with van der Waals surface area (Å²) in [5.41, 5.74) is 4.01. The molecular formula is C26H26FN3O2. The summed E-state index contributed by atoms with van der Waals surface area (Å²) in [7, 11) is 0. The number of hydrogen-bond acceptors (Lipinski definition) is 3. The van der Waals surface area contributed by atoms with Gasteiger partial charge in [-0.2, -0.15) is 0 Å². The molecule has 0 spiro atoms. The smallest absolute Gasteiger partial charge is 0.321 e. The zero-order valence-corrected chi connectivity index (χ0v) is 17.8. The van der Waals surface area contributed by atoms with Gasteiger partial charge in [0.25, 0.3) is 0 Å². The Bertz CT molecular complexity index is 1080. The van der Waals surface area contributed by atoms with Crippen molar-refractivity contribution in [3.63, 3.8) is 0 Å². The molecule has 0 aliphatic carbocycles. The summed E-state index contributed by atoms with van der Waals surface area (Å²) in [5.74, 6) is 0.570. The maximum absolute atomic E-state index is 13.3. The predicted molar refractivity (Wildman–Crippen MR) is 124 cm³/mol. The standard InChI is InChI=1S/C26H26FN3O2/c27-23-6-1-4-20(17-23)11-15-32-25-8-2-5-22(18-25)16-21-9-13-30(14-10-21)26(31)29-24-7-3-12-28-19-24/h1-8,12,16-19H,9-11,13-15H2,(H,29,31). The molecule has 0 unspecified atom stereocenters. The summed E-state index contributed by atoms with van der Waals surface area (Å²) in [6, 6.07) is 18.1. The van der Waals surface area contributed by atoms with Crippen LogP contribution >= 0.6 is 0 Å². The highest BCUT2D eigenvalue weighted by atomic mass is 19.1. The number of nitrogens with zero attached hydrogens (tertiary/aromatic N) is 2. The van der Waals surface area contributed by atoms with Crippen LogP contribution in [0.4, 0.5) is 14.9 Å². The Morgan fingerprint density at radius 2 is 1.94 bits per heavy atom. The van der Waals surface area contributed by atoms with E-state index in [0.717, 1.165) is 29.7 Å². The van der Waals surface area contributed by atoms with Crippen LogP contribution in [0.15, 0.2) is 78.6 Å². The van der Waals surface area contributed by atoms with Gasteiger partial charge in [0, 0.05) is 25.7 Å². The summed E-state index contributed by atoms with van der Waals surface area (Å²) in [6.45, 7) is 1.86. The van der Waals surface area contributed by atoms with E-state index in [0.29, 0.717) is 31.8 Å². The van der Waals surface area contributed by atoms with Crippen molar-refractivity contribution in [1.29, 1.82) is 0 Å². The van der Waals surface area contributed by atoms with Crippen molar-refractivity contribution in [2.24, 2.45) is 0 Å². The van der Waals surface area contributed by atoms with Crippen molar-refractivity contribution in [2.75, 3.05) is 25.0 Å². The maximum Gasteiger partial charge on any atom is 0.321 e. The minimum Gasteiger partial charge on any atom is -0.493 e. The van der Waals surface area contributed by atoms with E-state index in [-0.39, 0.29) is 11.8 Å². The van der Waals surface area contributed by atoms with Crippen molar-refractivity contribution < 1.29 is 13.9 Å². The van der Waals surface area contributed by atoms with E-state index in [2.05, 4.69) is 16.4 Å². The lowest BCUT2D eigenvalue weighted by Crippen LogP contribution is -2.39. The Hall–Kier alpha value is -3.67. The van der Waals surface area contributed by atoms with Crippen LogP contribution in [-0.4, -0.2) is 35.6 Å². The van der Waals surface area contributed by atoms with Gasteiger partial charge in [0.05, 0.1) is 18.5 Å². The second kappa shape index (κ2) is 10.6. The molecule has 2 amide bonds. The number of halogens is 1. The van der Waals surface area contributed by atoms with Crippen LogP contribution in [-0.2, 0) is 6.42 Å². The fourth-order valence-corrected chi connectivity index (χ4v) is 3.69. The number of carbonyl (C=O) groups is 1. The van der Waals surface area contributed by atoms with Gasteiger partial charge in [-0.1, -0.05) is 35.9 Å². The molecule has 1 aliphatic heterocycles. The third kappa shape index (κ3) is 6.17. The highest BCUT2D eigenvalue weighted by molar-refractivity contribution is 5.89. The van der Waals surface area contributed by atoms with E-state index in [1.54, 1.807) is 24.5 Å². The van der Waals surface area contributed by atoms with Crippen molar-refractivity contribution in [1.82, 2.24) is 9.88 Å². The first-order chi connectivity index (χ1) is 15.7. The van der Waals surface area contributed by atoms with Gasteiger partial charge >= 0.3 is 6.03 Å². The van der Waals surface area contributed by atoms with Gasteiger partial charge in [0.1, 0.15) is 11.6 Å². The molecule has 5 nitrogen and oxygen atoms in total. The predicted octanol–water partition coefficient (Wildman–Crippen LogP) is 5.55. The van der Waals surface area contributed by atoms with Crippen LogP contribution in [0.5, 0.6) is 5.75 Å². The van der Waals surface area contributed by atoms with Gasteiger partial charge in [-0.05, 0) is 60.4 Å². The number of carbonyl (C=O) groups excluding carboxylic acids is 1. The van der Waals surface area contributed by atoms with Gasteiger partial charge in [-0.25, -0.2) is 9.18 Å². The number of aromatic nitrogens is 1. The minimum absolute atomic E-state index is 0.0919. The maximum atomic E-state index is 13.3. The van der Waals surface area contributed by atoms with Crippen LogP contribution in [0, 0.1) is 5.82 Å². The third-order valence-corrected chi connectivity index (χ3v) is 5.38. The monoisotopic (exact) mass is 431 g/mol. The molecule has 1 N–H and O–H groups in total. The highest BCUT2D eigenvalue weighted by Crippen LogP contribution is 2.22. The number of anilines is 1. The molecule has 0 saturated carbocycles. The average molecular weight is 432 g/mol. The van der Waals surface area contributed by atoms with E-state index in [1.165, 1.54) is 17.7 Å². The first kappa shape index (κ1) is 21.6. The number of ether oxygens (including phenoxy) is 1. The minimum atomic E-state index is -0.225. The van der Waals surface area contributed by atoms with Gasteiger partial charge in [0.2, 0.25) is 0 Å². The van der Waals surface area contributed by atoms with E-state index >= 15 is 0 Å². The fraction of sp³-hybridized carbons (Fsp3) is 0.231. The molecule has 6 heteroatoms. The Labute approximate surface area is 187 Å². The van der Waals surface area contributed by atoms with Gasteiger partial charge in [0.15, 0.2) is 0 Å². The number of likely N-dealkylation sites (tertiary alicyclic amines) is 1. The summed E-state index contributed by atoms with van der Waals surface area (Å²) in [5, 5.41) is 2.89. The lowest BCUT2D eigenvalue weighted by atomic mass is 10.0. The van der Waals surface area contributed by atoms with Crippen LogP contribution in [0.25, 0.3) is 6.08 Å². The van der Waals surface area contributed by atoms with E-state index in [4.69, 9.17) is 4.74 Å². The summed E-state index contributed by atoms with van der Waals surface area (Å²) >= 11 is 0. The van der Waals surface area contributed by atoms with Crippen molar-refractivity contribution in [3.8, 4) is 5.75 Å². The molecule has 1 aromatic heterocycles. The van der Waals surface area contributed by atoms with Crippen LogP contribution in [0.3, 0.4) is 0 Å². The largest absolute Gasteiger partial charge is 0.493 e. The van der Waals surface area contributed by atoms with E-state index in [9.17, 15) is 9.18 Å². The summed E-state index contributed by atoms with van der Waals surface area (Å²) in [6.07, 6.45) is 7.82. The second-order valence-corrected chi connectivity index (χ2v) is 7.76.